The van der Waals surface area contributed by atoms with Crippen molar-refractivity contribution in [1.29, 1.82) is 0 Å². The first-order valence-electron chi connectivity index (χ1n) is 4.06. The molecule has 0 spiro atoms. The molecular formula is C7H21NO5S. The van der Waals surface area contributed by atoms with E-state index >= 15 is 0 Å². The molecule has 0 aliphatic rings. The van der Waals surface area contributed by atoms with E-state index in [1.165, 1.54) is 13.8 Å². The number of rotatable bonds is 4. The molecule has 0 aromatic carbocycles. The Bertz CT molecular complexity index is 188. The van der Waals surface area contributed by atoms with Crippen molar-refractivity contribution in [3.05, 3.63) is 0 Å². The average Bonchev–Trinajstić information content (AvgIpc) is 1.84. The maximum Gasteiger partial charge on any atom is 0.397 e. The lowest BCUT2D eigenvalue weighted by molar-refractivity contribution is 0.162. The van der Waals surface area contributed by atoms with Crippen molar-refractivity contribution >= 4 is 10.4 Å². The van der Waals surface area contributed by atoms with Crippen molar-refractivity contribution in [3.63, 3.8) is 0 Å². The summed E-state index contributed by atoms with van der Waals surface area (Å²) in [6, 6.07) is 0. The summed E-state index contributed by atoms with van der Waals surface area (Å²) >= 11 is 0. The van der Waals surface area contributed by atoms with Crippen LogP contribution >= 0.6 is 0 Å². The number of hydrogen-bond acceptors (Lipinski definition) is 5. The molecule has 0 heterocycles. The molecule has 14 heavy (non-hydrogen) atoms. The zero-order valence-corrected chi connectivity index (χ0v) is 10.0. The molecular weight excluding hydrogens is 210 g/mol. The smallest absolute Gasteiger partial charge is 0.382 e. The maximum absolute atomic E-state index is 9.78. The third-order valence-corrected chi connectivity index (χ3v) is 1.35. The zero-order chi connectivity index (χ0) is 10.9. The fourth-order valence-electron chi connectivity index (χ4n) is 0.447. The quantitative estimate of drug-likeness (QED) is 0.708. The van der Waals surface area contributed by atoms with Gasteiger partial charge in [-0.1, -0.05) is 0 Å². The molecule has 0 amide bonds. The molecule has 0 radical (unpaired) electrons. The average molecular weight is 231 g/mol. The van der Waals surface area contributed by atoms with Crippen molar-refractivity contribution in [3.8, 4) is 0 Å². The second-order valence-corrected chi connectivity index (χ2v) is 3.40. The fraction of sp³-hybridized carbons (Fsp3) is 1.00. The van der Waals surface area contributed by atoms with Gasteiger partial charge in [-0.05, 0) is 27.7 Å². The van der Waals surface area contributed by atoms with Gasteiger partial charge < -0.3 is 10.9 Å². The van der Waals surface area contributed by atoms with Crippen molar-refractivity contribution in [1.82, 2.24) is 6.15 Å². The topological polar surface area (TPSA) is 108 Å². The third-order valence-electron chi connectivity index (χ3n) is 0.722. The van der Waals surface area contributed by atoms with E-state index in [0.717, 1.165) is 13.2 Å². The summed E-state index contributed by atoms with van der Waals surface area (Å²) in [4.78, 5) is 0. The minimum atomic E-state index is -4.22. The first kappa shape index (κ1) is 19.4. The van der Waals surface area contributed by atoms with Crippen LogP contribution in [-0.4, -0.2) is 32.3 Å². The van der Waals surface area contributed by atoms with E-state index in [-0.39, 0.29) is 6.15 Å². The summed E-state index contributed by atoms with van der Waals surface area (Å²) in [5, 5.41) is 0. The van der Waals surface area contributed by atoms with E-state index in [4.69, 9.17) is 9.29 Å². The van der Waals surface area contributed by atoms with Gasteiger partial charge in [-0.25, -0.2) is 4.18 Å². The Morgan fingerprint density at radius 2 is 1.57 bits per heavy atom. The van der Waals surface area contributed by atoms with Crippen LogP contribution < -0.4 is 6.15 Å². The Labute approximate surface area is 86.1 Å². The van der Waals surface area contributed by atoms with Crippen LogP contribution in [0.1, 0.15) is 27.7 Å². The fourth-order valence-corrected chi connectivity index (χ4v) is 0.934. The van der Waals surface area contributed by atoms with Gasteiger partial charge in [0.25, 0.3) is 0 Å². The molecule has 90 valence electrons. The maximum atomic E-state index is 9.78. The monoisotopic (exact) mass is 231 g/mol. The van der Waals surface area contributed by atoms with Crippen molar-refractivity contribution in [2.45, 2.75) is 33.8 Å². The Morgan fingerprint density at radius 1 is 1.21 bits per heavy atom. The summed E-state index contributed by atoms with van der Waals surface area (Å²) in [6.07, 6.45) is -0.495. The van der Waals surface area contributed by atoms with Crippen molar-refractivity contribution in [2.75, 3.05) is 13.2 Å². The highest BCUT2D eigenvalue weighted by molar-refractivity contribution is 7.80. The van der Waals surface area contributed by atoms with Gasteiger partial charge in [-0.15, -0.1) is 0 Å². The van der Waals surface area contributed by atoms with Crippen LogP contribution in [0.3, 0.4) is 0 Å². The Morgan fingerprint density at radius 3 is 1.57 bits per heavy atom. The van der Waals surface area contributed by atoms with Gasteiger partial charge in [-0.2, -0.15) is 8.42 Å². The molecule has 6 nitrogen and oxygen atoms in total. The van der Waals surface area contributed by atoms with E-state index in [1.807, 2.05) is 13.8 Å². The lowest BCUT2D eigenvalue weighted by Crippen LogP contribution is -2.10. The van der Waals surface area contributed by atoms with Crippen LogP contribution in [0.2, 0.25) is 0 Å². The molecule has 4 N–H and O–H groups in total. The molecule has 0 saturated heterocycles. The normalized spacial score (nSPS) is 10.1. The van der Waals surface area contributed by atoms with Crippen LogP contribution in [0, 0.1) is 0 Å². The summed E-state index contributed by atoms with van der Waals surface area (Å²) in [7, 11) is -4.22. The summed E-state index contributed by atoms with van der Waals surface area (Å²) in [6.45, 7) is 8.68. The molecule has 0 atom stereocenters. The number of ether oxygens (including phenoxy) is 1. The SMILES string of the molecule is CC(C)OS(=O)(=O)O.CCOCC.N. The van der Waals surface area contributed by atoms with Crippen molar-refractivity contribution < 1.29 is 21.9 Å². The second kappa shape index (κ2) is 10.9. The van der Waals surface area contributed by atoms with Crippen LogP contribution in [0.4, 0.5) is 0 Å². The van der Waals surface area contributed by atoms with E-state index in [9.17, 15) is 8.42 Å². The van der Waals surface area contributed by atoms with E-state index in [2.05, 4.69) is 4.18 Å². The molecule has 0 aromatic rings. The van der Waals surface area contributed by atoms with E-state index in [1.54, 1.807) is 0 Å². The standard InChI is InChI=1S/C4H10O.C3H8O4S.H3N/c1-3-5-4-2;1-3(2)7-8(4,5)6;/h3-4H2,1-2H3;3H,1-2H3,(H,4,5,6);1H3. The highest BCUT2D eigenvalue weighted by Gasteiger charge is 2.05. The van der Waals surface area contributed by atoms with Gasteiger partial charge in [0.15, 0.2) is 0 Å². The highest BCUT2D eigenvalue weighted by atomic mass is 32.3. The minimum Gasteiger partial charge on any atom is -0.382 e. The number of hydrogen-bond donors (Lipinski definition) is 2. The molecule has 0 rings (SSSR count). The van der Waals surface area contributed by atoms with Gasteiger partial charge in [0, 0.05) is 13.2 Å². The van der Waals surface area contributed by atoms with Gasteiger partial charge in [-0.3, -0.25) is 4.55 Å². The Hall–Kier alpha value is -0.210. The first-order valence-corrected chi connectivity index (χ1v) is 5.43. The lowest BCUT2D eigenvalue weighted by atomic mass is 10.5. The van der Waals surface area contributed by atoms with E-state index in [0.29, 0.717) is 0 Å². The van der Waals surface area contributed by atoms with Gasteiger partial charge >= 0.3 is 10.4 Å². The summed E-state index contributed by atoms with van der Waals surface area (Å²) in [5.41, 5.74) is 0. The molecule has 0 aliphatic heterocycles. The van der Waals surface area contributed by atoms with Gasteiger partial charge in [0.1, 0.15) is 0 Å². The largest absolute Gasteiger partial charge is 0.397 e. The molecule has 0 fully saturated rings. The molecule has 7 heteroatoms. The summed E-state index contributed by atoms with van der Waals surface area (Å²) < 4.78 is 36.3. The molecule has 0 bridgehead atoms. The lowest BCUT2D eigenvalue weighted by Gasteiger charge is -1.99. The van der Waals surface area contributed by atoms with Crippen molar-refractivity contribution in [2.24, 2.45) is 0 Å². The molecule has 0 saturated carbocycles. The zero-order valence-electron chi connectivity index (χ0n) is 9.19. The Kier molecular flexibility index (Phi) is 15.0. The summed E-state index contributed by atoms with van der Waals surface area (Å²) in [5.74, 6) is 0. The Balaban J connectivity index is -0.000000177. The van der Waals surface area contributed by atoms with Crippen LogP contribution in [0.25, 0.3) is 0 Å². The second-order valence-electron chi connectivity index (χ2n) is 2.35. The first-order chi connectivity index (χ1) is 5.83. The minimum absolute atomic E-state index is 0. The predicted octanol–water partition coefficient (Wildman–Crippen LogP) is 1.42. The van der Waals surface area contributed by atoms with E-state index < -0.39 is 16.5 Å². The third kappa shape index (κ3) is 29.8. The van der Waals surface area contributed by atoms with Crippen LogP contribution in [-0.2, 0) is 19.3 Å². The van der Waals surface area contributed by atoms with Gasteiger partial charge in [0.2, 0.25) is 0 Å². The molecule has 0 unspecified atom stereocenters. The molecule has 0 aromatic heterocycles. The predicted molar refractivity (Wildman–Crippen MR) is 55.0 cm³/mol. The van der Waals surface area contributed by atoms with Gasteiger partial charge in [0.05, 0.1) is 6.10 Å². The molecule has 0 aliphatic carbocycles. The highest BCUT2D eigenvalue weighted by Crippen LogP contribution is 1.92. The van der Waals surface area contributed by atoms with Crippen LogP contribution in [0.5, 0.6) is 0 Å². The van der Waals surface area contributed by atoms with Crippen LogP contribution in [0.15, 0.2) is 0 Å².